The van der Waals surface area contributed by atoms with Crippen molar-refractivity contribution < 1.29 is 9.59 Å². The lowest BCUT2D eigenvalue weighted by Crippen LogP contribution is -2.18. The Morgan fingerprint density at radius 1 is 0.622 bits per heavy atom. The molecular weight excluding hydrogens is 454 g/mol. The van der Waals surface area contributed by atoms with E-state index in [1.807, 2.05) is 19.9 Å². The van der Waals surface area contributed by atoms with Gasteiger partial charge in [0.1, 0.15) is 0 Å². The van der Waals surface area contributed by atoms with Gasteiger partial charge in [-0.05, 0) is 49.4 Å². The van der Waals surface area contributed by atoms with Crippen molar-refractivity contribution in [3.63, 3.8) is 0 Å². The smallest absolute Gasteiger partial charge is 0.233 e. The largest absolute Gasteiger partial charge is 0.398 e. The maximum absolute atomic E-state index is 13.1. The van der Waals surface area contributed by atoms with E-state index in [-0.39, 0.29) is 0 Å². The predicted octanol–water partition coefficient (Wildman–Crippen LogP) is 9.76. The minimum absolute atomic E-state index is 0.428. The number of carbonyl (C=O) groups excluding carboxylic acids is 2. The maximum atomic E-state index is 13.1. The topological polar surface area (TPSA) is 60.2 Å². The van der Waals surface area contributed by atoms with Crippen LogP contribution in [0, 0.1) is 13.8 Å². The van der Waals surface area contributed by atoms with Gasteiger partial charge in [0.05, 0.1) is 0 Å². The molecule has 2 aromatic rings. The van der Waals surface area contributed by atoms with E-state index >= 15 is 0 Å². The first-order chi connectivity index (χ1) is 18.0. The van der Waals surface area contributed by atoms with Crippen molar-refractivity contribution >= 4 is 17.3 Å². The molecule has 0 aliphatic heterocycles. The molecule has 2 N–H and O–H groups in total. The van der Waals surface area contributed by atoms with Crippen molar-refractivity contribution in [2.75, 3.05) is 5.73 Å². The van der Waals surface area contributed by atoms with Crippen LogP contribution in [0.2, 0.25) is 0 Å². The second-order valence-corrected chi connectivity index (χ2v) is 10.8. The number of Topliss-reactive ketones (excluding diaryl/α,β-unsaturated/α-hetero) is 2. The summed E-state index contributed by atoms with van der Waals surface area (Å²) < 4.78 is 0. The van der Waals surface area contributed by atoms with Crippen LogP contribution in [-0.4, -0.2) is 11.6 Å². The van der Waals surface area contributed by atoms with Crippen molar-refractivity contribution in [1.29, 1.82) is 0 Å². The summed E-state index contributed by atoms with van der Waals surface area (Å²) in [7, 11) is 0. The molecule has 0 spiro atoms. The molecule has 0 atom stereocenters. The molecule has 37 heavy (non-hydrogen) atoms. The van der Waals surface area contributed by atoms with Crippen LogP contribution in [0.4, 0.5) is 5.69 Å². The zero-order valence-corrected chi connectivity index (χ0v) is 23.9. The lowest BCUT2D eigenvalue weighted by molar-refractivity contribution is 0.0816. The van der Waals surface area contributed by atoms with E-state index in [0.29, 0.717) is 16.8 Å². The highest BCUT2D eigenvalue weighted by Crippen LogP contribution is 2.27. The number of benzene rings is 2. The lowest BCUT2D eigenvalue weighted by Gasteiger charge is -2.16. The van der Waals surface area contributed by atoms with Gasteiger partial charge < -0.3 is 5.73 Å². The van der Waals surface area contributed by atoms with E-state index in [1.165, 1.54) is 89.9 Å². The minimum atomic E-state index is -0.462. The van der Waals surface area contributed by atoms with E-state index in [0.717, 1.165) is 36.0 Å². The van der Waals surface area contributed by atoms with Gasteiger partial charge in [-0.25, -0.2) is 0 Å². The fourth-order valence-corrected chi connectivity index (χ4v) is 5.21. The lowest BCUT2D eigenvalue weighted by atomic mass is 9.88. The van der Waals surface area contributed by atoms with Gasteiger partial charge in [0.25, 0.3) is 0 Å². The van der Waals surface area contributed by atoms with Gasteiger partial charge in [0, 0.05) is 16.8 Å². The Labute approximate surface area is 226 Å². The first-order valence-corrected chi connectivity index (χ1v) is 15.0. The van der Waals surface area contributed by atoms with Crippen LogP contribution in [0.1, 0.15) is 147 Å². The molecule has 0 saturated heterocycles. The predicted molar refractivity (Wildman–Crippen MR) is 159 cm³/mol. The summed E-state index contributed by atoms with van der Waals surface area (Å²) in [5, 5.41) is 0. The Hall–Kier alpha value is -2.42. The molecule has 0 heterocycles. The molecule has 0 fully saturated rings. The normalized spacial score (nSPS) is 11.1. The molecule has 0 aliphatic rings. The van der Waals surface area contributed by atoms with Crippen molar-refractivity contribution in [2.45, 2.75) is 130 Å². The Kier molecular flexibility index (Phi) is 14.9. The molecule has 0 unspecified atom stereocenters. The summed E-state index contributed by atoms with van der Waals surface area (Å²) in [6.45, 7) is 6.30. The minimum Gasteiger partial charge on any atom is -0.398 e. The van der Waals surface area contributed by atoms with Gasteiger partial charge in [-0.15, -0.1) is 0 Å². The van der Waals surface area contributed by atoms with Gasteiger partial charge in [-0.1, -0.05) is 134 Å². The molecule has 0 amide bonds. The standard InChI is InChI=1S/C34H51NO2/c1-4-5-6-7-8-9-10-11-12-13-14-15-16-17-18-22-25-30-27(2)28(3)32(35)26-31(30)34(37)33(36)29-23-20-19-21-24-29/h19-21,23-24,26H,4-18,22,25,35H2,1-3H3. The van der Waals surface area contributed by atoms with E-state index < -0.39 is 11.6 Å². The number of nitrogens with two attached hydrogens (primary N) is 1. The summed E-state index contributed by atoms with van der Waals surface area (Å²) in [5.74, 6) is -0.913. The second kappa shape index (κ2) is 17.9. The van der Waals surface area contributed by atoms with Crippen LogP contribution in [0.15, 0.2) is 36.4 Å². The first-order valence-electron chi connectivity index (χ1n) is 15.0. The van der Waals surface area contributed by atoms with Crippen molar-refractivity contribution in [3.8, 4) is 0 Å². The Morgan fingerprint density at radius 2 is 1.08 bits per heavy atom. The average Bonchev–Trinajstić information content (AvgIpc) is 2.92. The van der Waals surface area contributed by atoms with Crippen LogP contribution in [0.25, 0.3) is 0 Å². The molecular formula is C34H51NO2. The number of hydrogen-bond donors (Lipinski definition) is 1. The number of rotatable bonds is 20. The molecule has 3 heteroatoms. The van der Waals surface area contributed by atoms with Crippen molar-refractivity contribution in [2.24, 2.45) is 0 Å². The van der Waals surface area contributed by atoms with Gasteiger partial charge >= 0.3 is 0 Å². The summed E-state index contributed by atoms with van der Waals surface area (Å²) in [4.78, 5) is 26.0. The van der Waals surface area contributed by atoms with E-state index in [4.69, 9.17) is 5.73 Å². The zero-order valence-electron chi connectivity index (χ0n) is 23.9. The summed E-state index contributed by atoms with van der Waals surface area (Å²) in [6, 6.07) is 10.5. The van der Waals surface area contributed by atoms with Crippen molar-refractivity contribution in [1.82, 2.24) is 0 Å². The van der Waals surface area contributed by atoms with Gasteiger partial charge in [-0.3, -0.25) is 9.59 Å². The van der Waals surface area contributed by atoms with E-state index in [1.54, 1.807) is 30.3 Å². The highest BCUT2D eigenvalue weighted by atomic mass is 16.2. The Bertz CT molecular complexity index is 948. The van der Waals surface area contributed by atoms with Crippen LogP contribution in [0.5, 0.6) is 0 Å². The first kappa shape index (κ1) is 30.8. The fourth-order valence-electron chi connectivity index (χ4n) is 5.21. The fraction of sp³-hybridized carbons (Fsp3) is 0.588. The number of anilines is 1. The zero-order chi connectivity index (χ0) is 26.9. The second-order valence-electron chi connectivity index (χ2n) is 10.8. The van der Waals surface area contributed by atoms with E-state index in [2.05, 4.69) is 6.92 Å². The number of hydrogen-bond acceptors (Lipinski definition) is 3. The molecule has 0 saturated carbocycles. The third-order valence-corrected chi connectivity index (χ3v) is 7.84. The Morgan fingerprint density at radius 3 is 1.57 bits per heavy atom. The molecule has 2 aromatic carbocycles. The monoisotopic (exact) mass is 505 g/mol. The van der Waals surface area contributed by atoms with Crippen LogP contribution < -0.4 is 5.73 Å². The highest BCUT2D eigenvalue weighted by Gasteiger charge is 2.23. The highest BCUT2D eigenvalue weighted by molar-refractivity contribution is 6.49. The van der Waals surface area contributed by atoms with Gasteiger partial charge in [0.15, 0.2) is 0 Å². The quantitative estimate of drug-likeness (QED) is 0.0843. The maximum Gasteiger partial charge on any atom is 0.233 e. The summed E-state index contributed by atoms with van der Waals surface area (Å²) >= 11 is 0. The van der Waals surface area contributed by atoms with Crippen LogP contribution in [-0.2, 0) is 6.42 Å². The Balaban J connectivity index is 1.69. The van der Waals surface area contributed by atoms with Crippen LogP contribution >= 0.6 is 0 Å². The van der Waals surface area contributed by atoms with Crippen molar-refractivity contribution in [3.05, 3.63) is 64.2 Å². The summed E-state index contributed by atoms with van der Waals surface area (Å²) in [5.41, 5.74) is 10.7. The molecule has 0 radical (unpaired) electrons. The molecule has 2 rings (SSSR count). The summed E-state index contributed by atoms with van der Waals surface area (Å²) in [6.07, 6.45) is 22.2. The van der Waals surface area contributed by atoms with E-state index in [9.17, 15) is 9.59 Å². The third-order valence-electron chi connectivity index (χ3n) is 7.84. The number of carbonyl (C=O) groups is 2. The number of ketones is 2. The molecule has 204 valence electrons. The van der Waals surface area contributed by atoms with Crippen LogP contribution in [0.3, 0.4) is 0 Å². The number of unbranched alkanes of at least 4 members (excludes halogenated alkanes) is 15. The molecule has 0 bridgehead atoms. The molecule has 0 aromatic heterocycles. The SMILES string of the molecule is CCCCCCCCCCCCCCCCCCc1c(C(=O)C(=O)c2ccccc2)cc(N)c(C)c1C. The molecule has 3 nitrogen and oxygen atoms in total. The third kappa shape index (κ3) is 10.8. The molecule has 0 aliphatic carbocycles. The van der Waals surface area contributed by atoms with Gasteiger partial charge in [0.2, 0.25) is 11.6 Å². The average molecular weight is 506 g/mol. The van der Waals surface area contributed by atoms with Gasteiger partial charge in [-0.2, -0.15) is 0 Å². The number of nitrogen functional groups attached to an aromatic ring is 1.